The summed E-state index contributed by atoms with van der Waals surface area (Å²) in [6, 6.07) is 0. The molecule has 0 aliphatic carbocycles. The minimum Gasteiger partial charge on any atom is -1.00 e. The first-order chi connectivity index (χ1) is 5.02. The maximum atomic E-state index is 10.6. The van der Waals surface area contributed by atoms with E-state index in [0.717, 1.165) is 11.5 Å². The van der Waals surface area contributed by atoms with Gasteiger partial charge >= 0.3 is 45.6 Å². The average molecular weight is 200 g/mol. The van der Waals surface area contributed by atoms with Gasteiger partial charge in [-0.15, -0.1) is 0 Å². The molecule has 0 saturated heterocycles. The fraction of sp³-hybridized carbons (Fsp3) is 0.167. The second kappa shape index (κ2) is 6.42. The zero-order valence-electron chi connectivity index (χ0n) is 7.98. The first-order valence-corrected chi connectivity index (χ1v) is 4.22. The van der Waals surface area contributed by atoms with E-state index in [4.69, 9.17) is 0 Å². The molecule has 0 aliphatic rings. The van der Waals surface area contributed by atoms with Crippen molar-refractivity contribution >= 4 is 16.1 Å². The zero-order valence-corrected chi connectivity index (χ0v) is 9.80. The molecule has 0 saturated carbocycles. The number of carbonyl (C=O) groups is 1. The van der Waals surface area contributed by atoms with Crippen LogP contribution in [0.5, 0.6) is 0 Å². The van der Waals surface area contributed by atoms with Gasteiger partial charge in [0.05, 0.1) is 5.41 Å². The second-order valence-electron chi connectivity index (χ2n) is 1.57. The quantitative estimate of drug-likeness (QED) is 0.292. The molecule has 0 amide bonds. The third kappa shape index (κ3) is 6.60. The third-order valence-electron chi connectivity index (χ3n) is 0.668. The van der Waals surface area contributed by atoms with Crippen molar-refractivity contribution in [2.24, 2.45) is 0 Å². The van der Waals surface area contributed by atoms with Crippen molar-refractivity contribution in [1.82, 2.24) is 0 Å². The van der Waals surface area contributed by atoms with Crippen molar-refractivity contribution in [2.75, 3.05) is 0 Å². The van der Waals surface area contributed by atoms with Gasteiger partial charge in [-0.25, -0.2) is 4.79 Å². The summed E-state index contributed by atoms with van der Waals surface area (Å²) >= 11 is 0. The minimum absolute atomic E-state index is 0. The van der Waals surface area contributed by atoms with E-state index in [9.17, 15) is 13.2 Å². The number of hydrogen-bond acceptors (Lipinski definition) is 4. The molecular formula is C6H9NaO4S. The van der Waals surface area contributed by atoms with Gasteiger partial charge in [0.1, 0.15) is 0 Å². The molecule has 0 N–H and O–H groups in total. The van der Waals surface area contributed by atoms with Crippen LogP contribution < -0.4 is 29.6 Å². The van der Waals surface area contributed by atoms with Crippen molar-refractivity contribution in [2.45, 2.75) is 6.92 Å². The molecule has 0 unspecified atom stereocenters. The summed E-state index contributed by atoms with van der Waals surface area (Å²) in [7, 11) is -3.84. The van der Waals surface area contributed by atoms with Gasteiger partial charge in [0.15, 0.2) is 0 Å². The first kappa shape index (κ1) is 14.4. The standard InChI is InChI=1S/C6H8O4S.Na.H/c1-3-5-11(8,9)10-6(7)4-2;;/h3-5H,2H2,1H3;;/q;+1;-1. The van der Waals surface area contributed by atoms with E-state index in [0.29, 0.717) is 0 Å². The van der Waals surface area contributed by atoms with Crippen LogP contribution in [-0.4, -0.2) is 14.4 Å². The predicted molar refractivity (Wildman–Crippen MR) is 41.1 cm³/mol. The van der Waals surface area contributed by atoms with Gasteiger partial charge in [0.25, 0.3) is 0 Å². The number of hydrogen-bond donors (Lipinski definition) is 0. The Morgan fingerprint density at radius 2 is 2.08 bits per heavy atom. The summed E-state index contributed by atoms with van der Waals surface area (Å²) < 4.78 is 25.2. The Bertz CT molecular complexity index is 283. The molecule has 6 heteroatoms. The fourth-order valence-corrected chi connectivity index (χ4v) is 1.03. The SMILES string of the molecule is C=CC(=O)OS(=O)(=O)C=CC.[H-].[Na+]. The van der Waals surface area contributed by atoms with E-state index < -0.39 is 16.1 Å². The van der Waals surface area contributed by atoms with Crippen LogP contribution in [0.1, 0.15) is 8.35 Å². The van der Waals surface area contributed by atoms with E-state index in [1.165, 1.54) is 13.0 Å². The third-order valence-corrected chi connectivity index (χ3v) is 1.67. The monoisotopic (exact) mass is 200 g/mol. The Morgan fingerprint density at radius 1 is 1.58 bits per heavy atom. The number of carbonyl (C=O) groups excluding carboxylic acids is 1. The molecule has 0 heterocycles. The number of allylic oxidation sites excluding steroid dienone is 1. The van der Waals surface area contributed by atoms with Crippen molar-refractivity contribution in [1.29, 1.82) is 0 Å². The smallest absolute Gasteiger partial charge is 1.00 e. The Kier molecular flexibility index (Phi) is 7.72. The maximum Gasteiger partial charge on any atom is 1.00 e. The normalized spacial score (nSPS) is 10.4. The summed E-state index contributed by atoms with van der Waals surface area (Å²) in [6.07, 6.45) is 2.03. The van der Waals surface area contributed by atoms with Gasteiger partial charge in [-0.2, -0.15) is 8.42 Å². The Labute approximate surface area is 95.2 Å². The van der Waals surface area contributed by atoms with Crippen LogP contribution in [0, 0.1) is 0 Å². The molecule has 0 aromatic heterocycles. The first-order valence-electron chi connectivity index (χ1n) is 2.75. The van der Waals surface area contributed by atoms with Crippen LogP contribution in [0.15, 0.2) is 24.1 Å². The van der Waals surface area contributed by atoms with Gasteiger partial charge in [-0.3, -0.25) is 0 Å². The van der Waals surface area contributed by atoms with Gasteiger partial charge in [0.2, 0.25) is 0 Å². The Hall–Kier alpha value is -0.100. The van der Waals surface area contributed by atoms with Crippen molar-refractivity contribution in [3.63, 3.8) is 0 Å². The van der Waals surface area contributed by atoms with Crippen LogP contribution in [-0.2, 0) is 19.1 Å². The van der Waals surface area contributed by atoms with Gasteiger partial charge in [0, 0.05) is 6.08 Å². The van der Waals surface area contributed by atoms with Gasteiger partial charge in [-0.1, -0.05) is 12.7 Å². The van der Waals surface area contributed by atoms with Crippen LogP contribution >= 0.6 is 0 Å². The fourth-order valence-electron chi connectivity index (χ4n) is 0.343. The van der Waals surface area contributed by atoms with E-state index >= 15 is 0 Å². The van der Waals surface area contributed by atoms with Gasteiger partial charge in [-0.05, 0) is 6.92 Å². The largest absolute Gasteiger partial charge is 1.00 e. The van der Waals surface area contributed by atoms with E-state index in [1.54, 1.807) is 0 Å². The van der Waals surface area contributed by atoms with Crippen LogP contribution in [0.4, 0.5) is 0 Å². The molecule has 0 aromatic rings. The van der Waals surface area contributed by atoms with Crippen molar-refractivity contribution in [3.8, 4) is 0 Å². The summed E-state index contributed by atoms with van der Waals surface area (Å²) in [4.78, 5) is 10.3. The minimum atomic E-state index is -3.84. The predicted octanol–water partition coefficient (Wildman–Crippen LogP) is -2.30. The molecule has 0 fully saturated rings. The van der Waals surface area contributed by atoms with Gasteiger partial charge < -0.3 is 5.61 Å². The Balaban J connectivity index is -0.000000500. The van der Waals surface area contributed by atoms with E-state index in [2.05, 4.69) is 10.8 Å². The van der Waals surface area contributed by atoms with E-state index in [1.807, 2.05) is 0 Å². The summed E-state index contributed by atoms with van der Waals surface area (Å²) in [6.45, 7) is 4.54. The Morgan fingerprint density at radius 3 is 2.42 bits per heavy atom. The molecule has 0 aliphatic heterocycles. The van der Waals surface area contributed by atoms with Crippen LogP contribution in [0.2, 0.25) is 0 Å². The van der Waals surface area contributed by atoms with Crippen LogP contribution in [0.25, 0.3) is 0 Å². The molecule has 0 spiro atoms. The molecule has 0 aromatic carbocycles. The summed E-state index contributed by atoms with van der Waals surface area (Å²) in [5, 5.41) is 0.786. The molecule has 0 atom stereocenters. The zero-order chi connectivity index (χ0) is 8.91. The maximum absolute atomic E-state index is 10.6. The molecular weight excluding hydrogens is 191 g/mol. The molecule has 0 radical (unpaired) electrons. The number of rotatable bonds is 3. The van der Waals surface area contributed by atoms with Crippen LogP contribution in [0.3, 0.4) is 0 Å². The molecule has 4 nitrogen and oxygen atoms in total. The topological polar surface area (TPSA) is 60.4 Å². The summed E-state index contributed by atoms with van der Waals surface area (Å²) in [5.74, 6) is -0.983. The second-order valence-corrected chi connectivity index (χ2v) is 2.99. The molecule has 64 valence electrons. The van der Waals surface area contributed by atoms with Crippen molar-refractivity contribution < 1.29 is 48.4 Å². The molecule has 0 bridgehead atoms. The molecule has 0 rings (SSSR count). The summed E-state index contributed by atoms with van der Waals surface area (Å²) in [5.41, 5.74) is 0. The van der Waals surface area contributed by atoms with Crippen molar-refractivity contribution in [3.05, 3.63) is 24.1 Å². The average Bonchev–Trinajstić information content (AvgIpc) is 1.86. The molecule has 12 heavy (non-hydrogen) atoms. The van der Waals surface area contributed by atoms with E-state index in [-0.39, 0.29) is 31.0 Å².